The van der Waals surface area contributed by atoms with Crippen LogP contribution in [0, 0.1) is 11.3 Å². The monoisotopic (exact) mass is 259 g/mol. The molecule has 0 aromatic heterocycles. The van der Waals surface area contributed by atoms with Crippen LogP contribution in [-0.4, -0.2) is 26.0 Å². The maximum absolute atomic E-state index is 11.5. The Morgan fingerprint density at radius 2 is 2.00 bits per heavy atom. The van der Waals surface area contributed by atoms with Gasteiger partial charge in [-0.3, -0.25) is 4.79 Å². The molecule has 5 nitrogen and oxygen atoms in total. The van der Waals surface area contributed by atoms with E-state index in [1.807, 2.05) is 6.07 Å². The average Bonchev–Trinajstić information content (AvgIpc) is 2.43. The molecule has 1 aromatic rings. The second-order valence-electron chi connectivity index (χ2n) is 3.67. The molecule has 0 radical (unpaired) electrons. The molecule has 5 heteroatoms. The standard InChI is InChI=1S/C14H13NO4/c1-9(16)12(14(17)19-3)7-11-5-4-10(8-15)6-13(11)18-2/h4-7H,1-3H3. The van der Waals surface area contributed by atoms with Gasteiger partial charge in [0.1, 0.15) is 11.3 Å². The Hall–Kier alpha value is -2.61. The second kappa shape index (κ2) is 6.36. The predicted molar refractivity (Wildman–Crippen MR) is 68.4 cm³/mol. The first-order chi connectivity index (χ1) is 9.03. The Bertz CT molecular complexity index is 582. The van der Waals surface area contributed by atoms with E-state index in [0.29, 0.717) is 16.9 Å². The number of ketones is 1. The number of nitriles is 1. The van der Waals surface area contributed by atoms with Crippen molar-refractivity contribution in [2.75, 3.05) is 14.2 Å². The summed E-state index contributed by atoms with van der Waals surface area (Å²) in [7, 11) is 2.65. The molecule has 0 atom stereocenters. The SMILES string of the molecule is COC(=O)C(=Cc1ccc(C#N)cc1OC)C(C)=O. The van der Waals surface area contributed by atoms with E-state index in [2.05, 4.69) is 4.74 Å². The quantitative estimate of drug-likeness (QED) is 0.356. The van der Waals surface area contributed by atoms with Crippen LogP contribution in [0.5, 0.6) is 5.75 Å². The molecule has 0 amide bonds. The molecule has 0 aliphatic rings. The summed E-state index contributed by atoms with van der Waals surface area (Å²) in [5, 5.41) is 8.80. The summed E-state index contributed by atoms with van der Waals surface area (Å²) in [4.78, 5) is 22.9. The first-order valence-electron chi connectivity index (χ1n) is 5.42. The number of methoxy groups -OCH3 is 2. The van der Waals surface area contributed by atoms with Crippen molar-refractivity contribution in [2.24, 2.45) is 0 Å². The van der Waals surface area contributed by atoms with E-state index in [4.69, 9.17) is 10.00 Å². The van der Waals surface area contributed by atoms with Crippen LogP contribution in [0.25, 0.3) is 6.08 Å². The Kier molecular flexibility index (Phi) is 4.84. The van der Waals surface area contributed by atoms with Crippen molar-refractivity contribution >= 4 is 17.8 Å². The Labute approximate surface area is 111 Å². The molecule has 0 fully saturated rings. The van der Waals surface area contributed by atoms with Crippen LogP contribution in [0.15, 0.2) is 23.8 Å². The van der Waals surface area contributed by atoms with Crippen LogP contribution in [0.2, 0.25) is 0 Å². The largest absolute Gasteiger partial charge is 0.496 e. The molecule has 0 aliphatic carbocycles. The molecule has 0 heterocycles. The average molecular weight is 259 g/mol. The third-order valence-corrected chi connectivity index (χ3v) is 2.45. The molecule has 1 aromatic carbocycles. The summed E-state index contributed by atoms with van der Waals surface area (Å²) in [6.07, 6.45) is 1.38. The Morgan fingerprint density at radius 1 is 1.32 bits per heavy atom. The Morgan fingerprint density at radius 3 is 2.47 bits per heavy atom. The number of Topliss-reactive ketones (excluding diaryl/α,β-unsaturated/α-hetero) is 1. The molecule has 0 unspecified atom stereocenters. The molecule has 0 bridgehead atoms. The van der Waals surface area contributed by atoms with Crippen LogP contribution < -0.4 is 4.74 Å². The third kappa shape index (κ3) is 3.42. The first-order valence-corrected chi connectivity index (χ1v) is 5.42. The first kappa shape index (κ1) is 14.5. The second-order valence-corrected chi connectivity index (χ2v) is 3.67. The third-order valence-electron chi connectivity index (χ3n) is 2.45. The van der Waals surface area contributed by atoms with E-state index in [0.717, 1.165) is 0 Å². The van der Waals surface area contributed by atoms with Gasteiger partial charge in [-0.05, 0) is 31.2 Å². The van der Waals surface area contributed by atoms with Gasteiger partial charge in [0, 0.05) is 5.56 Å². The number of esters is 1. The molecule has 98 valence electrons. The predicted octanol–water partition coefficient (Wildman–Crippen LogP) is 1.71. The number of nitrogens with zero attached hydrogens (tertiary/aromatic N) is 1. The number of carbonyl (C=O) groups excluding carboxylic acids is 2. The van der Waals surface area contributed by atoms with Crippen molar-refractivity contribution in [3.63, 3.8) is 0 Å². The summed E-state index contributed by atoms with van der Waals surface area (Å²) < 4.78 is 9.67. The van der Waals surface area contributed by atoms with Gasteiger partial charge in [0.2, 0.25) is 0 Å². The van der Waals surface area contributed by atoms with Gasteiger partial charge < -0.3 is 9.47 Å². The van der Waals surface area contributed by atoms with Gasteiger partial charge in [-0.15, -0.1) is 0 Å². The van der Waals surface area contributed by atoms with Crippen molar-refractivity contribution in [1.82, 2.24) is 0 Å². The van der Waals surface area contributed by atoms with Gasteiger partial charge in [0.25, 0.3) is 0 Å². The maximum Gasteiger partial charge on any atom is 0.341 e. The number of hydrogen-bond acceptors (Lipinski definition) is 5. The minimum atomic E-state index is -0.709. The van der Waals surface area contributed by atoms with Crippen LogP contribution in [0.4, 0.5) is 0 Å². The minimum Gasteiger partial charge on any atom is -0.496 e. The summed E-state index contributed by atoms with van der Waals surface area (Å²) in [5.74, 6) is -0.709. The summed E-state index contributed by atoms with van der Waals surface area (Å²) in [6, 6.07) is 6.68. The molecule has 0 saturated heterocycles. The number of carbonyl (C=O) groups is 2. The Balaban J connectivity index is 3.33. The molecule has 0 spiro atoms. The number of ether oxygens (including phenoxy) is 2. The molecular weight excluding hydrogens is 246 g/mol. The van der Waals surface area contributed by atoms with Crippen molar-refractivity contribution in [2.45, 2.75) is 6.92 Å². The fraction of sp³-hybridized carbons (Fsp3) is 0.214. The van der Waals surface area contributed by atoms with Gasteiger partial charge in [0.15, 0.2) is 5.78 Å². The maximum atomic E-state index is 11.5. The topological polar surface area (TPSA) is 76.4 Å². The van der Waals surface area contributed by atoms with Crippen molar-refractivity contribution in [1.29, 1.82) is 5.26 Å². The summed E-state index contributed by atoms with van der Waals surface area (Å²) >= 11 is 0. The lowest BCUT2D eigenvalue weighted by atomic mass is 10.1. The zero-order chi connectivity index (χ0) is 14.4. The lowest BCUT2D eigenvalue weighted by Crippen LogP contribution is -2.11. The van der Waals surface area contributed by atoms with Gasteiger partial charge >= 0.3 is 5.97 Å². The van der Waals surface area contributed by atoms with Crippen molar-refractivity contribution in [3.8, 4) is 11.8 Å². The van der Waals surface area contributed by atoms with E-state index < -0.39 is 11.8 Å². The zero-order valence-corrected chi connectivity index (χ0v) is 10.9. The molecule has 0 aliphatic heterocycles. The summed E-state index contributed by atoms with van der Waals surface area (Å²) in [6.45, 7) is 1.28. The number of benzene rings is 1. The van der Waals surface area contributed by atoms with Crippen LogP contribution >= 0.6 is 0 Å². The highest BCUT2D eigenvalue weighted by Gasteiger charge is 2.16. The highest BCUT2D eigenvalue weighted by Crippen LogP contribution is 2.23. The molecule has 0 saturated carbocycles. The van der Waals surface area contributed by atoms with E-state index in [9.17, 15) is 9.59 Å². The van der Waals surface area contributed by atoms with Crippen molar-refractivity contribution in [3.05, 3.63) is 34.9 Å². The normalized spacial score (nSPS) is 10.5. The van der Waals surface area contributed by atoms with E-state index in [1.54, 1.807) is 12.1 Å². The van der Waals surface area contributed by atoms with E-state index in [1.165, 1.54) is 33.3 Å². The minimum absolute atomic E-state index is 0.0782. The highest BCUT2D eigenvalue weighted by molar-refractivity contribution is 6.19. The fourth-order valence-electron chi connectivity index (χ4n) is 1.47. The van der Waals surface area contributed by atoms with Gasteiger partial charge in [-0.25, -0.2) is 4.79 Å². The number of hydrogen-bond donors (Lipinski definition) is 0. The zero-order valence-electron chi connectivity index (χ0n) is 10.9. The van der Waals surface area contributed by atoms with Crippen LogP contribution in [0.3, 0.4) is 0 Å². The van der Waals surface area contributed by atoms with Crippen LogP contribution in [-0.2, 0) is 14.3 Å². The van der Waals surface area contributed by atoms with E-state index in [-0.39, 0.29) is 5.57 Å². The van der Waals surface area contributed by atoms with Gasteiger partial charge in [-0.1, -0.05) is 0 Å². The van der Waals surface area contributed by atoms with Crippen LogP contribution in [0.1, 0.15) is 18.1 Å². The number of rotatable bonds is 4. The van der Waals surface area contributed by atoms with Gasteiger partial charge in [-0.2, -0.15) is 5.26 Å². The fourth-order valence-corrected chi connectivity index (χ4v) is 1.47. The molecule has 0 N–H and O–H groups in total. The highest BCUT2D eigenvalue weighted by atomic mass is 16.5. The molecule has 19 heavy (non-hydrogen) atoms. The summed E-state index contributed by atoms with van der Waals surface area (Å²) in [5.41, 5.74) is 0.874. The van der Waals surface area contributed by atoms with E-state index >= 15 is 0 Å². The van der Waals surface area contributed by atoms with Crippen molar-refractivity contribution < 1.29 is 19.1 Å². The molecular formula is C14H13NO4. The van der Waals surface area contributed by atoms with Gasteiger partial charge in [0.05, 0.1) is 25.9 Å². The lowest BCUT2D eigenvalue weighted by molar-refractivity contribution is -0.137. The lowest BCUT2D eigenvalue weighted by Gasteiger charge is -2.07. The smallest absolute Gasteiger partial charge is 0.341 e. The molecule has 1 rings (SSSR count).